The lowest BCUT2D eigenvalue weighted by Crippen LogP contribution is -2.15. The van der Waals surface area contributed by atoms with Crippen LogP contribution in [-0.4, -0.2) is 19.5 Å². The van der Waals surface area contributed by atoms with Crippen LogP contribution in [0.25, 0.3) is 0 Å². The zero-order valence-electron chi connectivity index (χ0n) is 7.78. The molecule has 0 fully saturated rings. The first kappa shape index (κ1) is 13.1. The number of benzene rings is 1. The number of rotatable bonds is 3. The highest BCUT2D eigenvalue weighted by molar-refractivity contribution is 9.10. The van der Waals surface area contributed by atoms with Gasteiger partial charge in [0.15, 0.2) is 0 Å². The van der Waals surface area contributed by atoms with Crippen molar-refractivity contribution >= 4 is 31.9 Å². The minimum Gasteiger partial charge on any atom is -0.478 e. The van der Waals surface area contributed by atoms with Gasteiger partial charge >= 0.3 is 5.97 Å². The number of sulfonamides is 1. The summed E-state index contributed by atoms with van der Waals surface area (Å²) in [6.45, 7) is -1.01. The van der Waals surface area contributed by atoms with E-state index in [1.807, 2.05) is 0 Å². The van der Waals surface area contributed by atoms with Crippen molar-refractivity contribution in [3.8, 4) is 0 Å². The van der Waals surface area contributed by atoms with Gasteiger partial charge in [0, 0.05) is 4.47 Å². The van der Waals surface area contributed by atoms with Crippen molar-refractivity contribution in [2.75, 3.05) is 0 Å². The van der Waals surface area contributed by atoms with E-state index >= 15 is 0 Å². The zero-order valence-corrected chi connectivity index (χ0v) is 10.2. The molecule has 1 aromatic carbocycles. The molecule has 0 aliphatic heterocycles. The van der Waals surface area contributed by atoms with E-state index in [4.69, 9.17) is 10.2 Å². The van der Waals surface area contributed by atoms with Gasteiger partial charge in [0.1, 0.15) is 6.67 Å². The van der Waals surface area contributed by atoms with Crippen LogP contribution in [-0.2, 0) is 16.7 Å². The Morgan fingerprint density at radius 2 is 2.06 bits per heavy atom. The molecule has 1 aromatic rings. The lowest BCUT2D eigenvalue weighted by molar-refractivity contribution is 0.0694. The van der Waals surface area contributed by atoms with Crippen molar-refractivity contribution in [3.63, 3.8) is 0 Å². The molecule has 16 heavy (non-hydrogen) atoms. The van der Waals surface area contributed by atoms with E-state index < -0.39 is 28.2 Å². The van der Waals surface area contributed by atoms with E-state index in [0.717, 1.165) is 12.1 Å². The molecule has 0 amide bonds. The minimum atomic E-state index is -4.05. The topological polar surface area (TPSA) is 97.5 Å². The molecular weight excluding hydrogens is 305 g/mol. The van der Waals surface area contributed by atoms with E-state index in [1.165, 1.54) is 0 Å². The van der Waals surface area contributed by atoms with Gasteiger partial charge in [0.2, 0.25) is 10.0 Å². The maximum Gasteiger partial charge on any atom is 0.336 e. The summed E-state index contributed by atoms with van der Waals surface area (Å²) in [5.41, 5.74) is -0.540. The van der Waals surface area contributed by atoms with Gasteiger partial charge < -0.3 is 5.11 Å². The zero-order chi connectivity index (χ0) is 12.5. The lowest BCUT2D eigenvalue weighted by atomic mass is 10.1. The highest BCUT2D eigenvalue weighted by Gasteiger charge is 2.19. The third-order valence-corrected chi connectivity index (χ3v) is 3.71. The fourth-order valence-electron chi connectivity index (χ4n) is 1.12. The average molecular weight is 312 g/mol. The number of halogens is 2. The van der Waals surface area contributed by atoms with Crippen LogP contribution in [0, 0.1) is 0 Å². The number of primary sulfonamides is 1. The molecule has 5 nitrogen and oxygen atoms in total. The van der Waals surface area contributed by atoms with Crippen LogP contribution in [0.2, 0.25) is 0 Å². The maximum atomic E-state index is 12.5. The summed E-state index contributed by atoms with van der Waals surface area (Å²) in [6.07, 6.45) is 0. The number of carboxylic acid groups (broad SMARTS) is 1. The van der Waals surface area contributed by atoms with Crippen molar-refractivity contribution < 1.29 is 22.7 Å². The predicted octanol–water partition coefficient (Wildman–Crippen LogP) is 1.26. The van der Waals surface area contributed by atoms with Gasteiger partial charge in [0.05, 0.1) is 10.5 Å². The molecule has 0 aliphatic carbocycles. The standard InChI is InChI=1S/C8H7BrFNO4S/c9-6-1-4(3-10)5(8(12)13)2-7(6)16(11,14)15/h1-2H,3H2,(H,12,13)(H2,11,14,15). The summed E-state index contributed by atoms with van der Waals surface area (Å²) in [4.78, 5) is 10.4. The van der Waals surface area contributed by atoms with Crippen molar-refractivity contribution in [1.82, 2.24) is 0 Å². The summed E-state index contributed by atoms with van der Waals surface area (Å²) >= 11 is 2.89. The Labute approximate surface area is 99.3 Å². The molecule has 8 heteroatoms. The van der Waals surface area contributed by atoms with E-state index in [0.29, 0.717) is 0 Å². The highest BCUT2D eigenvalue weighted by atomic mass is 79.9. The Bertz CT molecular complexity index is 543. The summed E-state index contributed by atoms with van der Waals surface area (Å²) in [5.74, 6) is -1.41. The molecular formula is C8H7BrFNO4S. The molecule has 0 spiro atoms. The third kappa shape index (κ3) is 2.57. The highest BCUT2D eigenvalue weighted by Crippen LogP contribution is 2.26. The molecule has 0 bridgehead atoms. The molecule has 0 saturated carbocycles. The number of alkyl halides is 1. The van der Waals surface area contributed by atoms with Gasteiger partial charge in [-0.3, -0.25) is 0 Å². The molecule has 0 aliphatic rings. The van der Waals surface area contributed by atoms with Gasteiger partial charge in [-0.25, -0.2) is 22.7 Å². The first-order chi connectivity index (χ1) is 7.27. The van der Waals surface area contributed by atoms with E-state index in [1.54, 1.807) is 0 Å². The van der Waals surface area contributed by atoms with Gasteiger partial charge in [-0.15, -0.1) is 0 Å². The normalized spacial score (nSPS) is 11.4. The Balaban J connectivity index is 3.58. The molecule has 88 valence electrons. The van der Waals surface area contributed by atoms with Gasteiger partial charge in [-0.1, -0.05) is 0 Å². The lowest BCUT2D eigenvalue weighted by Gasteiger charge is -2.07. The SMILES string of the molecule is NS(=O)(=O)c1cc(C(=O)O)c(CF)cc1Br. The van der Waals surface area contributed by atoms with Crippen LogP contribution in [0.5, 0.6) is 0 Å². The second kappa shape index (κ2) is 4.48. The number of carbonyl (C=O) groups is 1. The van der Waals surface area contributed by atoms with Crippen LogP contribution in [0.1, 0.15) is 15.9 Å². The second-order valence-electron chi connectivity index (χ2n) is 2.92. The number of carboxylic acids is 1. The molecule has 0 radical (unpaired) electrons. The summed E-state index contributed by atoms with van der Waals surface area (Å²) in [6, 6.07) is 1.92. The maximum absolute atomic E-state index is 12.5. The molecule has 0 heterocycles. The molecule has 0 unspecified atom stereocenters. The number of nitrogens with two attached hydrogens (primary N) is 1. The number of aromatic carboxylic acids is 1. The number of hydrogen-bond acceptors (Lipinski definition) is 3. The van der Waals surface area contributed by atoms with Crippen LogP contribution in [0.3, 0.4) is 0 Å². The van der Waals surface area contributed by atoms with Crippen LogP contribution >= 0.6 is 15.9 Å². The van der Waals surface area contributed by atoms with E-state index in [9.17, 15) is 17.6 Å². The van der Waals surface area contributed by atoms with Crippen molar-refractivity contribution in [2.24, 2.45) is 5.14 Å². The first-order valence-corrected chi connectivity index (χ1v) is 6.25. The first-order valence-electron chi connectivity index (χ1n) is 3.92. The minimum absolute atomic E-state index is 0.0349. The Hall–Kier alpha value is -0.990. The molecule has 0 aromatic heterocycles. The summed E-state index contributed by atoms with van der Waals surface area (Å²) < 4.78 is 34.7. The molecule has 1 rings (SSSR count). The summed E-state index contributed by atoms with van der Waals surface area (Å²) in [7, 11) is -4.05. The van der Waals surface area contributed by atoms with Gasteiger partial charge in [-0.05, 0) is 33.6 Å². The Morgan fingerprint density at radius 3 is 2.44 bits per heavy atom. The average Bonchev–Trinajstić information content (AvgIpc) is 2.14. The Morgan fingerprint density at radius 1 is 1.50 bits per heavy atom. The van der Waals surface area contributed by atoms with Crippen LogP contribution < -0.4 is 5.14 Å². The summed E-state index contributed by atoms with van der Waals surface area (Å²) in [5, 5.41) is 13.6. The Kier molecular flexibility index (Phi) is 3.66. The van der Waals surface area contributed by atoms with Gasteiger partial charge in [-0.2, -0.15) is 0 Å². The molecule has 3 N–H and O–H groups in total. The van der Waals surface area contributed by atoms with E-state index in [-0.39, 0.29) is 14.9 Å². The largest absolute Gasteiger partial charge is 0.478 e. The quantitative estimate of drug-likeness (QED) is 0.878. The van der Waals surface area contributed by atoms with Crippen LogP contribution in [0.15, 0.2) is 21.5 Å². The van der Waals surface area contributed by atoms with Crippen molar-refractivity contribution in [2.45, 2.75) is 11.6 Å². The fourth-order valence-corrected chi connectivity index (χ4v) is 2.80. The van der Waals surface area contributed by atoms with Crippen molar-refractivity contribution in [3.05, 3.63) is 27.7 Å². The van der Waals surface area contributed by atoms with E-state index in [2.05, 4.69) is 15.9 Å². The van der Waals surface area contributed by atoms with Crippen molar-refractivity contribution in [1.29, 1.82) is 0 Å². The van der Waals surface area contributed by atoms with Crippen LogP contribution in [0.4, 0.5) is 4.39 Å². The van der Waals surface area contributed by atoms with Gasteiger partial charge in [0.25, 0.3) is 0 Å². The third-order valence-electron chi connectivity index (χ3n) is 1.84. The number of hydrogen-bond donors (Lipinski definition) is 2. The smallest absolute Gasteiger partial charge is 0.336 e. The predicted molar refractivity (Wildman–Crippen MR) is 57.3 cm³/mol. The monoisotopic (exact) mass is 311 g/mol. The molecule has 0 atom stereocenters. The second-order valence-corrected chi connectivity index (χ2v) is 5.31. The molecule has 0 saturated heterocycles. The fraction of sp³-hybridized carbons (Fsp3) is 0.125.